The van der Waals surface area contributed by atoms with Gasteiger partial charge in [0, 0.05) is 25.0 Å². The van der Waals surface area contributed by atoms with Gasteiger partial charge in [0.15, 0.2) is 0 Å². The first-order valence-corrected chi connectivity index (χ1v) is 5.75. The van der Waals surface area contributed by atoms with Gasteiger partial charge in [0.1, 0.15) is 0 Å². The van der Waals surface area contributed by atoms with Crippen molar-refractivity contribution in [3.63, 3.8) is 0 Å². The molecule has 2 atom stereocenters. The van der Waals surface area contributed by atoms with E-state index in [2.05, 4.69) is 12.2 Å². The van der Waals surface area contributed by atoms with Crippen LogP contribution in [-0.2, 0) is 4.79 Å². The Morgan fingerprint density at radius 3 is 2.50 bits per heavy atom. The van der Waals surface area contributed by atoms with Crippen LogP contribution < -0.4 is 11.1 Å². The molecule has 2 unspecified atom stereocenters. The van der Waals surface area contributed by atoms with E-state index in [4.69, 9.17) is 5.73 Å². The lowest BCUT2D eigenvalue weighted by Gasteiger charge is -2.36. The van der Waals surface area contributed by atoms with Crippen LogP contribution in [0.5, 0.6) is 0 Å². The lowest BCUT2D eigenvalue weighted by molar-refractivity contribution is -0.125. The maximum absolute atomic E-state index is 11.5. The fraction of sp³-hybridized carbons (Fsp3) is 0.818. The second-order valence-corrected chi connectivity index (χ2v) is 4.94. The zero-order valence-electron chi connectivity index (χ0n) is 10.2. The van der Waals surface area contributed by atoms with Gasteiger partial charge in [-0.05, 0) is 12.3 Å². The molecule has 0 saturated carbocycles. The number of urea groups is 1. The van der Waals surface area contributed by atoms with E-state index in [-0.39, 0.29) is 17.9 Å². The van der Waals surface area contributed by atoms with E-state index >= 15 is 0 Å². The van der Waals surface area contributed by atoms with Crippen molar-refractivity contribution >= 4 is 11.9 Å². The predicted octanol–water partition coefficient (Wildman–Crippen LogP) is 0.548. The highest BCUT2D eigenvalue weighted by molar-refractivity contribution is 5.78. The van der Waals surface area contributed by atoms with Gasteiger partial charge in [0.25, 0.3) is 0 Å². The third-order valence-electron chi connectivity index (χ3n) is 2.84. The average molecular weight is 227 g/mol. The molecule has 3 N–H and O–H groups in total. The minimum Gasteiger partial charge on any atom is -0.351 e. The first kappa shape index (κ1) is 12.8. The Morgan fingerprint density at radius 2 is 2.00 bits per heavy atom. The van der Waals surface area contributed by atoms with Crippen molar-refractivity contribution in [2.45, 2.75) is 33.2 Å². The van der Waals surface area contributed by atoms with Crippen molar-refractivity contribution in [3.8, 4) is 0 Å². The largest absolute Gasteiger partial charge is 0.351 e. The van der Waals surface area contributed by atoms with Crippen LogP contribution in [0.2, 0.25) is 0 Å². The molecule has 0 radical (unpaired) electrons. The van der Waals surface area contributed by atoms with Crippen LogP contribution in [0, 0.1) is 11.8 Å². The molecule has 1 aliphatic heterocycles. The number of nitrogens with one attached hydrogen (secondary N) is 1. The van der Waals surface area contributed by atoms with Crippen LogP contribution in [0.25, 0.3) is 0 Å². The summed E-state index contributed by atoms with van der Waals surface area (Å²) in [5.41, 5.74) is 5.26. The van der Waals surface area contributed by atoms with Crippen molar-refractivity contribution in [1.82, 2.24) is 10.2 Å². The number of nitrogens with two attached hydrogens (primary N) is 1. The molecule has 0 aromatic heterocycles. The second-order valence-electron chi connectivity index (χ2n) is 4.94. The number of hydrogen-bond donors (Lipinski definition) is 2. The van der Waals surface area contributed by atoms with Gasteiger partial charge in [-0.15, -0.1) is 0 Å². The van der Waals surface area contributed by atoms with Crippen LogP contribution in [-0.4, -0.2) is 36.0 Å². The summed E-state index contributed by atoms with van der Waals surface area (Å²) in [6.45, 7) is 6.98. The van der Waals surface area contributed by atoms with Crippen LogP contribution in [0.15, 0.2) is 0 Å². The quantitative estimate of drug-likeness (QED) is 0.722. The molecule has 0 spiro atoms. The Hall–Kier alpha value is -1.26. The number of amides is 3. The molecule has 0 aliphatic carbocycles. The van der Waals surface area contributed by atoms with Gasteiger partial charge in [-0.3, -0.25) is 4.79 Å². The molecule has 16 heavy (non-hydrogen) atoms. The number of carbonyl (C=O) groups is 2. The summed E-state index contributed by atoms with van der Waals surface area (Å²) in [5.74, 6) is 0.376. The van der Waals surface area contributed by atoms with E-state index in [9.17, 15) is 9.59 Å². The smallest absolute Gasteiger partial charge is 0.314 e. The minimum atomic E-state index is -0.407. The molecule has 5 heteroatoms. The van der Waals surface area contributed by atoms with E-state index < -0.39 is 6.03 Å². The zero-order chi connectivity index (χ0) is 12.3. The van der Waals surface area contributed by atoms with E-state index in [1.54, 1.807) is 4.90 Å². The third kappa shape index (κ3) is 3.40. The topological polar surface area (TPSA) is 75.4 Å². The standard InChI is InChI=1S/C11H21N3O2/c1-7(2)10(15)13-9-4-8(3)5-14(6-9)11(12)16/h7-9H,4-6H2,1-3H3,(H2,12,16)(H,13,15). The third-order valence-corrected chi connectivity index (χ3v) is 2.84. The van der Waals surface area contributed by atoms with Crippen molar-refractivity contribution in [2.24, 2.45) is 17.6 Å². The number of carbonyl (C=O) groups excluding carboxylic acids is 2. The summed E-state index contributed by atoms with van der Waals surface area (Å²) in [6.07, 6.45) is 0.905. The van der Waals surface area contributed by atoms with Crippen LogP contribution >= 0.6 is 0 Å². The summed E-state index contributed by atoms with van der Waals surface area (Å²) in [4.78, 5) is 24.2. The van der Waals surface area contributed by atoms with E-state index in [1.165, 1.54) is 0 Å². The SMILES string of the molecule is CC1CC(NC(=O)C(C)C)CN(C(N)=O)C1. The van der Waals surface area contributed by atoms with Crippen LogP contribution in [0.1, 0.15) is 27.2 Å². The van der Waals surface area contributed by atoms with E-state index in [0.717, 1.165) is 6.42 Å². The number of piperidine rings is 1. The summed E-state index contributed by atoms with van der Waals surface area (Å²) < 4.78 is 0. The molecule has 92 valence electrons. The average Bonchev–Trinajstić information content (AvgIpc) is 2.16. The Morgan fingerprint density at radius 1 is 1.38 bits per heavy atom. The van der Waals surface area contributed by atoms with Crippen molar-refractivity contribution in [3.05, 3.63) is 0 Å². The molecular formula is C11H21N3O2. The molecule has 3 amide bonds. The Kier molecular flexibility index (Phi) is 4.15. The molecule has 1 saturated heterocycles. The highest BCUT2D eigenvalue weighted by Crippen LogP contribution is 2.16. The molecule has 1 fully saturated rings. The molecular weight excluding hydrogens is 206 g/mol. The van der Waals surface area contributed by atoms with Gasteiger partial charge in [-0.1, -0.05) is 20.8 Å². The molecule has 1 aliphatic rings. The molecule has 5 nitrogen and oxygen atoms in total. The fourth-order valence-corrected chi connectivity index (χ4v) is 2.00. The van der Waals surface area contributed by atoms with Crippen LogP contribution in [0.3, 0.4) is 0 Å². The Balaban J connectivity index is 2.54. The lowest BCUT2D eigenvalue weighted by Crippen LogP contribution is -2.54. The number of primary amides is 1. The molecule has 1 rings (SSSR count). The van der Waals surface area contributed by atoms with Crippen molar-refractivity contribution in [1.29, 1.82) is 0 Å². The van der Waals surface area contributed by atoms with Gasteiger partial charge in [-0.25, -0.2) is 4.79 Å². The molecule has 0 bridgehead atoms. The van der Waals surface area contributed by atoms with E-state index in [0.29, 0.717) is 19.0 Å². The Bertz CT molecular complexity index is 278. The highest BCUT2D eigenvalue weighted by atomic mass is 16.2. The van der Waals surface area contributed by atoms with E-state index in [1.807, 2.05) is 13.8 Å². The van der Waals surface area contributed by atoms with Gasteiger partial charge in [0.2, 0.25) is 5.91 Å². The number of likely N-dealkylation sites (tertiary alicyclic amines) is 1. The summed E-state index contributed by atoms with van der Waals surface area (Å²) in [6, 6.07) is -0.374. The monoisotopic (exact) mass is 227 g/mol. The molecule has 0 aromatic rings. The van der Waals surface area contributed by atoms with Gasteiger partial charge in [0.05, 0.1) is 0 Å². The molecule has 1 heterocycles. The number of nitrogens with zero attached hydrogens (tertiary/aromatic N) is 1. The fourth-order valence-electron chi connectivity index (χ4n) is 2.00. The zero-order valence-corrected chi connectivity index (χ0v) is 10.2. The maximum atomic E-state index is 11.5. The minimum absolute atomic E-state index is 0.0285. The van der Waals surface area contributed by atoms with Crippen LogP contribution in [0.4, 0.5) is 4.79 Å². The predicted molar refractivity (Wildman–Crippen MR) is 61.7 cm³/mol. The van der Waals surface area contributed by atoms with Gasteiger partial charge < -0.3 is 16.0 Å². The number of rotatable bonds is 2. The Labute approximate surface area is 96.4 Å². The normalized spacial score (nSPS) is 25.6. The van der Waals surface area contributed by atoms with Crippen molar-refractivity contribution in [2.75, 3.05) is 13.1 Å². The first-order valence-electron chi connectivity index (χ1n) is 5.75. The maximum Gasteiger partial charge on any atom is 0.314 e. The highest BCUT2D eigenvalue weighted by Gasteiger charge is 2.27. The second kappa shape index (κ2) is 5.18. The van der Waals surface area contributed by atoms with Gasteiger partial charge >= 0.3 is 6.03 Å². The molecule has 0 aromatic carbocycles. The first-order chi connectivity index (χ1) is 7.40. The number of hydrogen-bond acceptors (Lipinski definition) is 2. The lowest BCUT2D eigenvalue weighted by atomic mass is 9.96. The van der Waals surface area contributed by atoms with Crippen molar-refractivity contribution < 1.29 is 9.59 Å². The van der Waals surface area contributed by atoms with Gasteiger partial charge in [-0.2, -0.15) is 0 Å². The summed E-state index contributed by atoms with van der Waals surface area (Å²) >= 11 is 0. The summed E-state index contributed by atoms with van der Waals surface area (Å²) in [5, 5.41) is 2.95. The summed E-state index contributed by atoms with van der Waals surface area (Å²) in [7, 11) is 0.